The summed E-state index contributed by atoms with van der Waals surface area (Å²) in [6, 6.07) is 26.1. The molecule has 1 amide bonds. The van der Waals surface area contributed by atoms with Gasteiger partial charge < -0.3 is 48.9 Å². The fourth-order valence-electron chi connectivity index (χ4n) is 5.64. The smallest absolute Gasteiger partial charge is 0.408 e. The average molecular weight is 723 g/mol. The SMILES string of the molecule is COC(=O)[C@H](CO[C@@H]1O[C@H](COCc2ccccc2)[C@@H](OCc2ccccc2)[C@H](OCc2ccccc2)[C@H]1[C@@H](N)C(=O)OC)NC(=O)OC(C)(C)C. The Morgan fingerprint density at radius 2 is 1.23 bits per heavy atom. The molecule has 0 saturated carbocycles. The molecule has 1 heterocycles. The summed E-state index contributed by atoms with van der Waals surface area (Å²) < 4.78 is 47.5. The molecule has 282 valence electrons. The standard InChI is InChI=1S/C39H50N2O11/c1-39(2,3)52-38(44)41-29(35(42)45-4)24-50-37-31(32(40)36(43)46-5)34(49-23-28-19-13-8-14-20-28)33(48-22-27-17-11-7-12-18-27)30(51-37)25-47-21-26-15-9-6-10-16-26/h6-20,29-34,37H,21-25,40H2,1-5H3,(H,41,44)/t29-,30+,31+,32+,33+,34+,37+/m0/s1. The van der Waals surface area contributed by atoms with E-state index in [0.29, 0.717) is 0 Å². The van der Waals surface area contributed by atoms with Crippen LogP contribution in [0.5, 0.6) is 0 Å². The van der Waals surface area contributed by atoms with Gasteiger partial charge in [0.15, 0.2) is 12.3 Å². The van der Waals surface area contributed by atoms with Gasteiger partial charge in [0.05, 0.1) is 59.3 Å². The van der Waals surface area contributed by atoms with Crippen LogP contribution in [0, 0.1) is 5.92 Å². The van der Waals surface area contributed by atoms with E-state index in [1.165, 1.54) is 14.2 Å². The van der Waals surface area contributed by atoms with E-state index in [2.05, 4.69) is 5.32 Å². The van der Waals surface area contributed by atoms with Crippen molar-refractivity contribution in [2.45, 2.75) is 82.9 Å². The summed E-state index contributed by atoms with van der Waals surface area (Å²) >= 11 is 0. The van der Waals surface area contributed by atoms with E-state index < -0.39 is 72.8 Å². The van der Waals surface area contributed by atoms with Gasteiger partial charge in [-0.2, -0.15) is 0 Å². The minimum absolute atomic E-state index is 0.0379. The molecule has 7 atom stereocenters. The molecular formula is C39H50N2O11. The number of hydrogen-bond acceptors (Lipinski definition) is 12. The molecule has 0 bridgehead atoms. The highest BCUT2D eigenvalue weighted by molar-refractivity contribution is 5.81. The van der Waals surface area contributed by atoms with Gasteiger partial charge in [-0.3, -0.25) is 4.79 Å². The number of ether oxygens (including phenoxy) is 8. The second-order valence-corrected chi connectivity index (χ2v) is 13.2. The van der Waals surface area contributed by atoms with Crippen LogP contribution in [-0.4, -0.2) is 87.8 Å². The van der Waals surface area contributed by atoms with E-state index in [-0.39, 0.29) is 26.4 Å². The van der Waals surface area contributed by atoms with Crippen LogP contribution in [0.3, 0.4) is 0 Å². The molecule has 0 spiro atoms. The van der Waals surface area contributed by atoms with Gasteiger partial charge in [-0.1, -0.05) is 91.0 Å². The summed E-state index contributed by atoms with van der Waals surface area (Å²) in [5.41, 5.74) is 8.48. The molecule has 1 fully saturated rings. The zero-order chi connectivity index (χ0) is 37.5. The second kappa shape index (κ2) is 20.0. The van der Waals surface area contributed by atoms with Crippen LogP contribution < -0.4 is 11.1 Å². The Labute approximate surface area is 304 Å². The average Bonchev–Trinajstić information content (AvgIpc) is 3.14. The van der Waals surface area contributed by atoms with Gasteiger partial charge in [-0.05, 0) is 37.5 Å². The quantitative estimate of drug-likeness (QED) is 0.150. The highest BCUT2D eigenvalue weighted by Gasteiger charge is 2.52. The maximum Gasteiger partial charge on any atom is 0.408 e. The van der Waals surface area contributed by atoms with Crippen molar-refractivity contribution >= 4 is 18.0 Å². The summed E-state index contributed by atoms with van der Waals surface area (Å²) in [6.07, 6.45) is -4.68. The van der Waals surface area contributed by atoms with E-state index in [0.717, 1.165) is 16.7 Å². The number of esters is 2. The molecule has 3 aromatic rings. The number of methoxy groups -OCH3 is 2. The normalized spacial score (nSPS) is 21.4. The maximum absolute atomic E-state index is 13.1. The van der Waals surface area contributed by atoms with Crippen LogP contribution >= 0.6 is 0 Å². The summed E-state index contributed by atoms with van der Waals surface area (Å²) in [7, 11) is 2.41. The van der Waals surface area contributed by atoms with Crippen molar-refractivity contribution in [1.29, 1.82) is 0 Å². The third-order valence-corrected chi connectivity index (χ3v) is 8.15. The summed E-state index contributed by atoms with van der Waals surface area (Å²) in [5, 5.41) is 2.49. The lowest BCUT2D eigenvalue weighted by molar-refractivity contribution is -0.308. The van der Waals surface area contributed by atoms with Crippen molar-refractivity contribution < 1.29 is 52.3 Å². The van der Waals surface area contributed by atoms with Gasteiger partial charge in [0, 0.05) is 0 Å². The Bertz CT molecular complexity index is 1520. The van der Waals surface area contributed by atoms with Crippen molar-refractivity contribution in [2.75, 3.05) is 27.4 Å². The van der Waals surface area contributed by atoms with Crippen molar-refractivity contribution in [2.24, 2.45) is 11.7 Å². The van der Waals surface area contributed by atoms with Crippen molar-refractivity contribution in [3.63, 3.8) is 0 Å². The molecule has 0 radical (unpaired) electrons. The predicted octanol–water partition coefficient (Wildman–Crippen LogP) is 4.30. The van der Waals surface area contributed by atoms with Gasteiger partial charge in [0.2, 0.25) is 0 Å². The van der Waals surface area contributed by atoms with Crippen molar-refractivity contribution in [3.8, 4) is 0 Å². The number of carbonyl (C=O) groups excluding carboxylic acids is 3. The topological polar surface area (TPSA) is 163 Å². The van der Waals surface area contributed by atoms with Crippen LogP contribution in [0.2, 0.25) is 0 Å². The highest BCUT2D eigenvalue weighted by atomic mass is 16.7. The molecule has 0 aromatic heterocycles. The first-order chi connectivity index (χ1) is 25.0. The van der Waals surface area contributed by atoms with E-state index >= 15 is 0 Å². The lowest BCUT2D eigenvalue weighted by atomic mass is 9.85. The van der Waals surface area contributed by atoms with E-state index in [1.807, 2.05) is 91.0 Å². The molecule has 3 aromatic carbocycles. The molecule has 1 aliphatic rings. The number of hydrogen-bond donors (Lipinski definition) is 2. The Hall–Kier alpha value is -4.37. The third-order valence-electron chi connectivity index (χ3n) is 8.15. The van der Waals surface area contributed by atoms with Crippen LogP contribution in [-0.2, 0) is 67.3 Å². The second-order valence-electron chi connectivity index (χ2n) is 13.2. The maximum atomic E-state index is 13.1. The number of nitrogens with two attached hydrogens (primary N) is 1. The van der Waals surface area contributed by atoms with Crippen molar-refractivity contribution in [3.05, 3.63) is 108 Å². The third kappa shape index (κ3) is 12.4. The molecule has 0 unspecified atom stereocenters. The van der Waals surface area contributed by atoms with Crippen LogP contribution in [0.25, 0.3) is 0 Å². The molecule has 13 nitrogen and oxygen atoms in total. The summed E-state index contributed by atoms with van der Waals surface area (Å²) in [5.74, 6) is -2.56. The van der Waals surface area contributed by atoms with E-state index in [4.69, 9.17) is 43.6 Å². The monoisotopic (exact) mass is 722 g/mol. The lowest BCUT2D eigenvalue weighted by Gasteiger charge is -2.47. The summed E-state index contributed by atoms with van der Waals surface area (Å²) in [6.45, 7) is 5.28. The molecular weight excluding hydrogens is 672 g/mol. The molecule has 13 heteroatoms. The molecule has 1 saturated heterocycles. The van der Waals surface area contributed by atoms with Gasteiger partial charge in [-0.25, -0.2) is 9.59 Å². The Balaban J connectivity index is 1.69. The first kappa shape index (κ1) is 40.4. The lowest BCUT2D eigenvalue weighted by Crippen LogP contribution is -2.64. The fourth-order valence-corrected chi connectivity index (χ4v) is 5.64. The molecule has 3 N–H and O–H groups in total. The van der Waals surface area contributed by atoms with Crippen LogP contribution in [0.4, 0.5) is 4.79 Å². The van der Waals surface area contributed by atoms with Gasteiger partial charge in [0.1, 0.15) is 23.9 Å². The zero-order valence-corrected chi connectivity index (χ0v) is 30.3. The first-order valence-electron chi connectivity index (χ1n) is 17.1. The minimum Gasteiger partial charge on any atom is -0.468 e. The largest absolute Gasteiger partial charge is 0.468 e. The Morgan fingerprint density at radius 1 is 0.731 bits per heavy atom. The highest BCUT2D eigenvalue weighted by Crippen LogP contribution is 2.35. The number of nitrogens with one attached hydrogen (secondary N) is 1. The Kier molecular flexibility index (Phi) is 15.6. The molecule has 0 aliphatic carbocycles. The molecule has 4 rings (SSSR count). The van der Waals surface area contributed by atoms with Gasteiger partial charge in [0.25, 0.3) is 0 Å². The minimum atomic E-state index is -1.32. The fraction of sp³-hybridized carbons (Fsp3) is 0.462. The van der Waals surface area contributed by atoms with Gasteiger partial charge >= 0.3 is 18.0 Å². The zero-order valence-electron chi connectivity index (χ0n) is 30.3. The number of amides is 1. The number of carbonyl (C=O) groups is 3. The number of alkyl carbamates (subject to hydrolysis) is 1. The molecule has 1 aliphatic heterocycles. The van der Waals surface area contributed by atoms with Gasteiger partial charge in [-0.15, -0.1) is 0 Å². The van der Waals surface area contributed by atoms with Crippen LogP contribution in [0.1, 0.15) is 37.5 Å². The number of benzene rings is 3. The number of rotatable bonds is 17. The first-order valence-corrected chi connectivity index (χ1v) is 17.1. The molecule has 52 heavy (non-hydrogen) atoms. The predicted molar refractivity (Wildman–Crippen MR) is 189 cm³/mol. The summed E-state index contributed by atoms with van der Waals surface area (Å²) in [4.78, 5) is 38.6. The Morgan fingerprint density at radius 3 is 1.73 bits per heavy atom. The van der Waals surface area contributed by atoms with E-state index in [9.17, 15) is 14.4 Å². The van der Waals surface area contributed by atoms with E-state index in [1.54, 1.807) is 20.8 Å². The van der Waals surface area contributed by atoms with Crippen LogP contribution in [0.15, 0.2) is 91.0 Å². The van der Waals surface area contributed by atoms with Crippen molar-refractivity contribution in [1.82, 2.24) is 5.32 Å².